The first-order chi connectivity index (χ1) is 17.5. The summed E-state index contributed by atoms with van der Waals surface area (Å²) in [5.41, 5.74) is 7.73. The van der Waals surface area contributed by atoms with Gasteiger partial charge in [0.25, 0.3) is 0 Å². The van der Waals surface area contributed by atoms with Crippen molar-refractivity contribution in [3.05, 3.63) is 89.0 Å². The Balaban J connectivity index is 1.69. The van der Waals surface area contributed by atoms with Gasteiger partial charge in [0.15, 0.2) is 0 Å². The monoisotopic (exact) mass is 479 g/mol. The van der Waals surface area contributed by atoms with Crippen LogP contribution in [-0.2, 0) is 0 Å². The van der Waals surface area contributed by atoms with E-state index in [9.17, 15) is 0 Å². The van der Waals surface area contributed by atoms with Crippen molar-refractivity contribution < 1.29 is 0 Å². The summed E-state index contributed by atoms with van der Waals surface area (Å²) in [6.07, 6.45) is 0. The molecule has 0 bridgehead atoms. The molecule has 7 heteroatoms. The minimum absolute atomic E-state index is 0.540. The summed E-state index contributed by atoms with van der Waals surface area (Å²) in [7, 11) is 0. The highest BCUT2D eigenvalue weighted by atomic mass is 15.4. The Morgan fingerprint density at radius 2 is 1.33 bits per heavy atom. The maximum absolute atomic E-state index is 5.04. The van der Waals surface area contributed by atoms with Crippen molar-refractivity contribution in [2.75, 3.05) is 41.3 Å². The maximum Gasteiger partial charge on any atom is 0.241 e. The number of aromatic nitrogens is 3. The Hall–Kier alpha value is -3.97. The summed E-state index contributed by atoms with van der Waals surface area (Å²) in [5.74, 6) is 1.82. The van der Waals surface area contributed by atoms with Crippen LogP contribution in [0.25, 0.3) is 0 Å². The van der Waals surface area contributed by atoms with Crippen LogP contribution in [0.15, 0.2) is 66.7 Å². The zero-order valence-corrected chi connectivity index (χ0v) is 21.4. The van der Waals surface area contributed by atoms with Crippen LogP contribution in [0.4, 0.5) is 34.9 Å². The highest BCUT2D eigenvalue weighted by Crippen LogP contribution is 2.37. The minimum Gasteiger partial charge on any atom is -0.338 e. The van der Waals surface area contributed by atoms with Crippen molar-refractivity contribution >= 4 is 34.9 Å². The van der Waals surface area contributed by atoms with Crippen LogP contribution in [-0.4, -0.2) is 41.1 Å². The standard InChI is InChI=1S/C29H33N7/c1-20-10-8-11-21(2)25(20)31-27-32-28(35-18-16-30-17-19-35)34-29(33-27)36(24-14-6-5-7-15-24)26-22(3)12-9-13-23(26)4/h5-15,30H,16-19H2,1-4H3,(H,31,32,33,34). The summed E-state index contributed by atoms with van der Waals surface area (Å²) >= 11 is 0. The number of nitrogens with one attached hydrogen (secondary N) is 2. The zero-order chi connectivity index (χ0) is 25.1. The van der Waals surface area contributed by atoms with E-state index in [-0.39, 0.29) is 0 Å². The number of anilines is 6. The van der Waals surface area contributed by atoms with Gasteiger partial charge in [-0.1, -0.05) is 54.6 Å². The topological polar surface area (TPSA) is 69.2 Å². The Morgan fingerprint density at radius 3 is 1.97 bits per heavy atom. The van der Waals surface area contributed by atoms with Gasteiger partial charge >= 0.3 is 0 Å². The van der Waals surface area contributed by atoms with Crippen LogP contribution in [0.1, 0.15) is 22.3 Å². The molecular formula is C29H33N7. The molecule has 0 saturated carbocycles. The molecule has 1 aliphatic rings. The molecule has 0 radical (unpaired) electrons. The Kier molecular flexibility index (Phi) is 6.82. The first kappa shape index (κ1) is 23.8. The maximum atomic E-state index is 5.04. The van der Waals surface area contributed by atoms with Gasteiger partial charge in [-0.05, 0) is 62.1 Å². The van der Waals surface area contributed by atoms with E-state index in [1.165, 1.54) is 0 Å². The number of aryl methyl sites for hydroxylation is 4. The van der Waals surface area contributed by atoms with Crippen LogP contribution in [0, 0.1) is 27.7 Å². The summed E-state index contributed by atoms with van der Waals surface area (Å²) in [5, 5.41) is 6.94. The average molecular weight is 480 g/mol. The first-order valence-corrected chi connectivity index (χ1v) is 12.5. The smallest absolute Gasteiger partial charge is 0.241 e. The third-order valence-corrected chi connectivity index (χ3v) is 6.61. The van der Waals surface area contributed by atoms with Crippen LogP contribution in [0.3, 0.4) is 0 Å². The van der Waals surface area contributed by atoms with Crippen molar-refractivity contribution in [1.29, 1.82) is 0 Å². The highest BCUT2D eigenvalue weighted by Gasteiger charge is 2.23. The van der Waals surface area contributed by atoms with Crippen molar-refractivity contribution in [3.8, 4) is 0 Å². The molecule has 2 N–H and O–H groups in total. The second-order valence-corrected chi connectivity index (χ2v) is 9.30. The molecule has 0 spiro atoms. The number of rotatable bonds is 6. The summed E-state index contributed by atoms with van der Waals surface area (Å²) in [6.45, 7) is 12.0. The fourth-order valence-corrected chi connectivity index (χ4v) is 4.72. The number of para-hydroxylation sites is 3. The molecule has 0 aliphatic carbocycles. The van der Waals surface area contributed by atoms with Crippen molar-refractivity contribution in [2.45, 2.75) is 27.7 Å². The van der Waals surface area contributed by atoms with E-state index in [0.717, 1.165) is 65.5 Å². The highest BCUT2D eigenvalue weighted by molar-refractivity contribution is 5.78. The second kappa shape index (κ2) is 10.3. The van der Waals surface area contributed by atoms with Gasteiger partial charge in [0.1, 0.15) is 0 Å². The third-order valence-electron chi connectivity index (χ3n) is 6.61. The molecule has 1 saturated heterocycles. The van der Waals surface area contributed by atoms with E-state index in [4.69, 9.17) is 15.0 Å². The van der Waals surface area contributed by atoms with Gasteiger partial charge in [0, 0.05) is 37.6 Å². The van der Waals surface area contributed by atoms with E-state index in [1.54, 1.807) is 0 Å². The lowest BCUT2D eigenvalue weighted by atomic mass is 10.1. The fourth-order valence-electron chi connectivity index (χ4n) is 4.72. The first-order valence-electron chi connectivity index (χ1n) is 12.5. The van der Waals surface area contributed by atoms with Gasteiger partial charge < -0.3 is 15.5 Å². The van der Waals surface area contributed by atoms with E-state index in [0.29, 0.717) is 17.8 Å². The van der Waals surface area contributed by atoms with Gasteiger partial charge in [-0.25, -0.2) is 0 Å². The average Bonchev–Trinajstić information content (AvgIpc) is 2.89. The van der Waals surface area contributed by atoms with Gasteiger partial charge in [-0.2, -0.15) is 15.0 Å². The lowest BCUT2D eigenvalue weighted by molar-refractivity contribution is 0.579. The zero-order valence-electron chi connectivity index (χ0n) is 21.4. The molecule has 0 atom stereocenters. The summed E-state index contributed by atoms with van der Waals surface area (Å²) in [4.78, 5) is 19.3. The van der Waals surface area contributed by atoms with Crippen molar-refractivity contribution in [1.82, 2.24) is 20.3 Å². The number of benzene rings is 3. The summed E-state index contributed by atoms with van der Waals surface area (Å²) < 4.78 is 0. The van der Waals surface area contributed by atoms with Crippen LogP contribution in [0.5, 0.6) is 0 Å². The van der Waals surface area contributed by atoms with Crippen LogP contribution < -0.4 is 20.4 Å². The molecule has 1 aliphatic heterocycles. The molecule has 184 valence electrons. The number of hydrogen-bond acceptors (Lipinski definition) is 7. The fraction of sp³-hybridized carbons (Fsp3) is 0.276. The van der Waals surface area contributed by atoms with Crippen molar-refractivity contribution in [3.63, 3.8) is 0 Å². The largest absolute Gasteiger partial charge is 0.338 e. The predicted molar refractivity (Wildman–Crippen MR) is 148 cm³/mol. The van der Waals surface area contributed by atoms with Crippen molar-refractivity contribution in [2.24, 2.45) is 0 Å². The molecule has 3 aromatic carbocycles. The van der Waals surface area contributed by atoms with E-state index in [2.05, 4.69) is 96.7 Å². The lowest BCUT2D eigenvalue weighted by Crippen LogP contribution is -2.44. The molecule has 4 aromatic rings. The second-order valence-electron chi connectivity index (χ2n) is 9.30. The number of nitrogens with zero attached hydrogens (tertiary/aromatic N) is 5. The molecule has 1 aromatic heterocycles. The molecular weight excluding hydrogens is 446 g/mol. The SMILES string of the molecule is Cc1cccc(C)c1Nc1nc(N2CCNCC2)nc(N(c2ccccc2)c2c(C)cccc2C)n1. The van der Waals surface area contributed by atoms with Crippen LogP contribution >= 0.6 is 0 Å². The quantitative estimate of drug-likeness (QED) is 0.366. The molecule has 0 unspecified atom stereocenters. The van der Waals surface area contributed by atoms with Gasteiger partial charge in [0.2, 0.25) is 17.8 Å². The number of piperazine rings is 1. The van der Waals surface area contributed by atoms with E-state index < -0.39 is 0 Å². The van der Waals surface area contributed by atoms with E-state index in [1.807, 2.05) is 18.2 Å². The molecule has 2 heterocycles. The normalized spacial score (nSPS) is 13.5. The summed E-state index contributed by atoms with van der Waals surface area (Å²) in [6, 6.07) is 22.9. The van der Waals surface area contributed by atoms with Gasteiger partial charge in [0.05, 0.1) is 5.69 Å². The Bertz CT molecular complexity index is 1310. The number of hydrogen-bond donors (Lipinski definition) is 2. The van der Waals surface area contributed by atoms with Crippen LogP contribution in [0.2, 0.25) is 0 Å². The molecule has 36 heavy (non-hydrogen) atoms. The van der Waals surface area contributed by atoms with E-state index >= 15 is 0 Å². The minimum atomic E-state index is 0.540. The predicted octanol–water partition coefficient (Wildman–Crippen LogP) is 5.73. The third kappa shape index (κ3) is 4.88. The molecule has 7 nitrogen and oxygen atoms in total. The molecule has 5 rings (SSSR count). The van der Waals surface area contributed by atoms with Gasteiger partial charge in [-0.15, -0.1) is 0 Å². The van der Waals surface area contributed by atoms with Gasteiger partial charge in [-0.3, -0.25) is 4.90 Å². The Morgan fingerprint density at radius 1 is 0.722 bits per heavy atom. The molecule has 0 amide bonds. The lowest BCUT2D eigenvalue weighted by Gasteiger charge is -2.30. The Labute approximate surface area is 213 Å². The molecule has 1 fully saturated rings.